The molecule has 0 radical (unpaired) electrons. The molecule has 1 aromatic heterocycles. The average molecular weight is 272 g/mol. The Kier molecular flexibility index (Phi) is 3.95. The number of nitrogens with one attached hydrogen (secondary N) is 1. The summed E-state index contributed by atoms with van der Waals surface area (Å²) in [5, 5.41) is 4.67. The van der Waals surface area contributed by atoms with Crippen LogP contribution in [0.25, 0.3) is 0 Å². The number of piperidine rings is 1. The van der Waals surface area contributed by atoms with Gasteiger partial charge in [-0.2, -0.15) is 0 Å². The lowest BCUT2D eigenvalue weighted by Gasteiger charge is -2.20. The monoisotopic (exact) mass is 272 g/mol. The second-order valence-electron chi connectivity index (χ2n) is 5.34. The molecule has 3 rings (SSSR count). The zero-order valence-electron chi connectivity index (χ0n) is 11.4. The lowest BCUT2D eigenvalue weighted by Crippen LogP contribution is -2.26. The zero-order chi connectivity index (χ0) is 13.1. The fourth-order valence-corrected chi connectivity index (χ4v) is 3.71. The van der Waals surface area contributed by atoms with Crippen LogP contribution in [0.3, 0.4) is 0 Å². The van der Waals surface area contributed by atoms with Crippen molar-refractivity contribution in [3.05, 3.63) is 51.5 Å². The minimum absolute atomic E-state index is 0.727. The van der Waals surface area contributed by atoms with Gasteiger partial charge in [0.15, 0.2) is 0 Å². The van der Waals surface area contributed by atoms with E-state index in [0.717, 1.165) is 25.4 Å². The molecule has 100 valence electrons. The van der Waals surface area contributed by atoms with Crippen LogP contribution in [0, 0.1) is 6.92 Å². The molecule has 0 saturated carbocycles. The van der Waals surface area contributed by atoms with Crippen LogP contribution in [0.2, 0.25) is 0 Å². The molecule has 0 amide bonds. The van der Waals surface area contributed by atoms with Crippen molar-refractivity contribution in [2.75, 3.05) is 13.1 Å². The van der Waals surface area contributed by atoms with Crippen molar-refractivity contribution < 1.29 is 0 Å². The standard InChI is InChI=1S/C16H20N2S/c1-12-2-4-13(5-3-12)10-16-18-11-15(19-16)14-6-8-17-9-7-14/h2-5,11,14,17H,6-10H2,1H3. The highest BCUT2D eigenvalue weighted by Crippen LogP contribution is 2.30. The normalized spacial score (nSPS) is 16.7. The molecule has 1 aliphatic rings. The molecule has 0 atom stereocenters. The average Bonchev–Trinajstić information content (AvgIpc) is 2.91. The van der Waals surface area contributed by atoms with Crippen LogP contribution in [-0.4, -0.2) is 18.1 Å². The van der Waals surface area contributed by atoms with E-state index in [1.54, 1.807) is 0 Å². The smallest absolute Gasteiger partial charge is 0.0971 e. The predicted octanol–water partition coefficient (Wildman–Crippen LogP) is 3.51. The van der Waals surface area contributed by atoms with Gasteiger partial charge < -0.3 is 5.32 Å². The van der Waals surface area contributed by atoms with Crippen LogP contribution < -0.4 is 5.32 Å². The third kappa shape index (κ3) is 3.23. The Morgan fingerprint density at radius 3 is 2.68 bits per heavy atom. The first-order valence-corrected chi connectivity index (χ1v) is 7.84. The van der Waals surface area contributed by atoms with Crippen molar-refractivity contribution in [1.82, 2.24) is 10.3 Å². The van der Waals surface area contributed by atoms with Crippen molar-refractivity contribution >= 4 is 11.3 Å². The fraction of sp³-hybridized carbons (Fsp3) is 0.438. The van der Waals surface area contributed by atoms with Crippen LogP contribution in [0.4, 0.5) is 0 Å². The van der Waals surface area contributed by atoms with Gasteiger partial charge in [-0.05, 0) is 44.3 Å². The summed E-state index contributed by atoms with van der Waals surface area (Å²) in [7, 11) is 0. The molecule has 0 bridgehead atoms. The van der Waals surface area contributed by atoms with E-state index in [1.807, 2.05) is 11.3 Å². The van der Waals surface area contributed by atoms with Gasteiger partial charge in [-0.1, -0.05) is 29.8 Å². The number of hydrogen-bond donors (Lipinski definition) is 1. The molecule has 0 aliphatic carbocycles. The van der Waals surface area contributed by atoms with Crippen molar-refractivity contribution in [1.29, 1.82) is 0 Å². The molecule has 1 N–H and O–H groups in total. The topological polar surface area (TPSA) is 24.9 Å². The van der Waals surface area contributed by atoms with Gasteiger partial charge in [0.05, 0.1) is 5.01 Å². The van der Waals surface area contributed by atoms with E-state index in [4.69, 9.17) is 0 Å². The van der Waals surface area contributed by atoms with Crippen molar-refractivity contribution in [3.8, 4) is 0 Å². The van der Waals surface area contributed by atoms with E-state index in [2.05, 4.69) is 47.7 Å². The fourth-order valence-electron chi connectivity index (χ4n) is 2.58. The largest absolute Gasteiger partial charge is 0.317 e. The summed E-state index contributed by atoms with van der Waals surface area (Å²) in [6.07, 6.45) is 5.58. The van der Waals surface area contributed by atoms with Gasteiger partial charge in [0.1, 0.15) is 0 Å². The summed E-state index contributed by atoms with van der Waals surface area (Å²) in [4.78, 5) is 6.08. The summed E-state index contributed by atoms with van der Waals surface area (Å²) in [6.45, 7) is 4.42. The van der Waals surface area contributed by atoms with Gasteiger partial charge in [-0.3, -0.25) is 0 Å². The van der Waals surface area contributed by atoms with E-state index in [9.17, 15) is 0 Å². The van der Waals surface area contributed by atoms with Gasteiger partial charge in [0.2, 0.25) is 0 Å². The second kappa shape index (κ2) is 5.85. The van der Waals surface area contributed by atoms with E-state index >= 15 is 0 Å². The summed E-state index contributed by atoms with van der Waals surface area (Å²) in [6, 6.07) is 8.77. The molecule has 2 heterocycles. The number of hydrogen-bond acceptors (Lipinski definition) is 3. The molecule has 2 aromatic rings. The molecule has 1 aliphatic heterocycles. The van der Waals surface area contributed by atoms with Crippen molar-refractivity contribution in [2.24, 2.45) is 0 Å². The maximum Gasteiger partial charge on any atom is 0.0971 e. The second-order valence-corrected chi connectivity index (χ2v) is 6.49. The SMILES string of the molecule is Cc1ccc(Cc2ncc(C3CCNCC3)s2)cc1. The molecule has 2 nitrogen and oxygen atoms in total. The first-order chi connectivity index (χ1) is 9.31. The lowest BCUT2D eigenvalue weighted by molar-refractivity contribution is 0.465. The van der Waals surface area contributed by atoms with Crippen LogP contribution in [0.15, 0.2) is 30.5 Å². The first kappa shape index (κ1) is 12.8. The summed E-state index contributed by atoms with van der Waals surface area (Å²) >= 11 is 1.90. The lowest BCUT2D eigenvalue weighted by atomic mass is 9.97. The van der Waals surface area contributed by atoms with E-state index < -0.39 is 0 Å². The van der Waals surface area contributed by atoms with Crippen molar-refractivity contribution in [3.63, 3.8) is 0 Å². The molecule has 19 heavy (non-hydrogen) atoms. The number of benzene rings is 1. The Morgan fingerprint density at radius 2 is 1.95 bits per heavy atom. The molecule has 1 saturated heterocycles. The summed E-state index contributed by atoms with van der Waals surface area (Å²) < 4.78 is 0. The zero-order valence-corrected chi connectivity index (χ0v) is 12.2. The van der Waals surface area contributed by atoms with E-state index in [-0.39, 0.29) is 0 Å². The predicted molar refractivity (Wildman–Crippen MR) is 80.9 cm³/mol. The van der Waals surface area contributed by atoms with Crippen LogP contribution in [-0.2, 0) is 6.42 Å². The van der Waals surface area contributed by atoms with E-state index in [0.29, 0.717) is 0 Å². The highest BCUT2D eigenvalue weighted by Gasteiger charge is 2.17. The number of aryl methyl sites for hydroxylation is 1. The Labute approximate surface area is 118 Å². The quantitative estimate of drug-likeness (QED) is 0.925. The third-order valence-electron chi connectivity index (χ3n) is 3.79. The van der Waals surface area contributed by atoms with Crippen LogP contribution >= 0.6 is 11.3 Å². The Hall–Kier alpha value is -1.19. The number of nitrogens with zero attached hydrogens (tertiary/aromatic N) is 1. The van der Waals surface area contributed by atoms with Crippen molar-refractivity contribution in [2.45, 2.75) is 32.1 Å². The molecule has 0 unspecified atom stereocenters. The van der Waals surface area contributed by atoms with Gasteiger partial charge in [-0.15, -0.1) is 11.3 Å². The molecule has 1 aromatic carbocycles. The summed E-state index contributed by atoms with van der Waals surface area (Å²) in [5.41, 5.74) is 2.68. The maximum atomic E-state index is 4.61. The molecular weight excluding hydrogens is 252 g/mol. The minimum atomic E-state index is 0.727. The molecule has 0 spiro atoms. The number of thiazole rings is 1. The number of aromatic nitrogens is 1. The maximum absolute atomic E-state index is 4.61. The van der Waals surface area contributed by atoms with Crippen LogP contribution in [0.1, 0.15) is 39.8 Å². The van der Waals surface area contributed by atoms with Crippen LogP contribution in [0.5, 0.6) is 0 Å². The van der Waals surface area contributed by atoms with Gasteiger partial charge in [0.25, 0.3) is 0 Å². The number of rotatable bonds is 3. The highest BCUT2D eigenvalue weighted by atomic mass is 32.1. The summed E-state index contributed by atoms with van der Waals surface area (Å²) in [5.74, 6) is 0.727. The highest BCUT2D eigenvalue weighted by molar-refractivity contribution is 7.11. The Balaban J connectivity index is 1.68. The molecule has 1 fully saturated rings. The Bertz CT molecular complexity index is 524. The molecule has 3 heteroatoms. The van der Waals surface area contributed by atoms with Gasteiger partial charge in [-0.25, -0.2) is 4.98 Å². The minimum Gasteiger partial charge on any atom is -0.317 e. The molecular formula is C16H20N2S. The van der Waals surface area contributed by atoms with Gasteiger partial charge in [0, 0.05) is 17.5 Å². The van der Waals surface area contributed by atoms with Gasteiger partial charge >= 0.3 is 0 Å². The first-order valence-electron chi connectivity index (χ1n) is 7.02. The van der Waals surface area contributed by atoms with E-state index in [1.165, 1.54) is 33.9 Å². The Morgan fingerprint density at radius 1 is 1.21 bits per heavy atom. The third-order valence-corrected chi connectivity index (χ3v) is 4.95.